The summed E-state index contributed by atoms with van der Waals surface area (Å²) in [5.74, 6) is -0.285. The zero-order valence-corrected chi connectivity index (χ0v) is 27.3. The summed E-state index contributed by atoms with van der Waals surface area (Å²) in [5, 5.41) is 24.4. The minimum absolute atomic E-state index is 0.0152. The Bertz CT molecular complexity index is 1720. The highest BCUT2D eigenvalue weighted by Gasteiger charge is 2.41. The molecule has 1 unspecified atom stereocenters. The highest BCUT2D eigenvalue weighted by Crippen LogP contribution is 2.43. The number of nitrogens with zero attached hydrogens (tertiary/aromatic N) is 5. The van der Waals surface area contributed by atoms with Crippen LogP contribution in [-0.2, 0) is 50.6 Å². The second-order valence-electron chi connectivity index (χ2n) is 11.7. The summed E-state index contributed by atoms with van der Waals surface area (Å²) in [4.78, 5) is 39.3. The molecule has 1 aromatic heterocycles. The quantitative estimate of drug-likeness (QED) is 0.176. The van der Waals surface area contributed by atoms with E-state index in [0.717, 1.165) is 32.7 Å². The number of alkyl carbamates (subject to hydrolysis) is 1. The highest BCUT2D eigenvalue weighted by molar-refractivity contribution is 7.99. The van der Waals surface area contributed by atoms with Crippen molar-refractivity contribution in [2.45, 2.75) is 62.8 Å². The van der Waals surface area contributed by atoms with E-state index in [1.54, 1.807) is 11.7 Å². The van der Waals surface area contributed by atoms with Crippen molar-refractivity contribution in [2.24, 2.45) is 13.0 Å². The van der Waals surface area contributed by atoms with Crippen molar-refractivity contribution in [1.82, 2.24) is 30.4 Å². The number of tetrazole rings is 1. The first kappa shape index (κ1) is 33.3. The van der Waals surface area contributed by atoms with Crippen LogP contribution in [0.2, 0.25) is 0 Å². The third-order valence-electron chi connectivity index (χ3n) is 8.42. The van der Waals surface area contributed by atoms with Gasteiger partial charge in [-0.05, 0) is 32.7 Å². The number of hydrogen-bond acceptors (Lipinski definition) is 11. The molecule has 3 amide bonds. The SMILES string of the molecule is C[C@H]1[C@@H](CSc2nnnn2C)O[C@@H](c2ccc(CN3C(=O)CC(NC(=O)OCc4ccccc4)C3=O)cc2)O[C@H]1c1ccc(CO)cc1. The molecule has 14 heteroatoms. The summed E-state index contributed by atoms with van der Waals surface area (Å²) < 4.78 is 19.9. The average molecular weight is 673 g/mol. The van der Waals surface area contributed by atoms with Gasteiger partial charge in [0.2, 0.25) is 11.1 Å². The van der Waals surface area contributed by atoms with Crippen molar-refractivity contribution in [1.29, 1.82) is 0 Å². The maximum absolute atomic E-state index is 13.1. The molecule has 0 saturated carbocycles. The molecular weight excluding hydrogens is 636 g/mol. The maximum atomic E-state index is 13.1. The first-order valence-electron chi connectivity index (χ1n) is 15.5. The second kappa shape index (κ2) is 15.1. The molecule has 0 spiro atoms. The van der Waals surface area contributed by atoms with E-state index < -0.39 is 24.3 Å². The molecule has 2 aliphatic heterocycles. The Morgan fingerprint density at radius 2 is 1.69 bits per heavy atom. The van der Waals surface area contributed by atoms with E-state index in [1.807, 2.05) is 78.9 Å². The number of likely N-dealkylation sites (tertiary alicyclic amines) is 1. The fourth-order valence-corrected chi connectivity index (χ4v) is 6.65. The topological polar surface area (TPSA) is 158 Å². The van der Waals surface area contributed by atoms with Crippen molar-refractivity contribution < 1.29 is 33.7 Å². The van der Waals surface area contributed by atoms with Gasteiger partial charge < -0.3 is 24.6 Å². The number of aliphatic hydroxyl groups excluding tert-OH is 1. The minimum atomic E-state index is -0.985. The number of aromatic nitrogens is 4. The van der Waals surface area contributed by atoms with Gasteiger partial charge in [0.25, 0.3) is 5.91 Å². The molecule has 5 atom stereocenters. The van der Waals surface area contributed by atoms with E-state index in [9.17, 15) is 19.5 Å². The summed E-state index contributed by atoms with van der Waals surface area (Å²) in [6.07, 6.45) is -2.08. The van der Waals surface area contributed by atoms with Gasteiger partial charge in [-0.3, -0.25) is 14.5 Å². The van der Waals surface area contributed by atoms with Crippen LogP contribution in [0.3, 0.4) is 0 Å². The van der Waals surface area contributed by atoms with E-state index in [0.29, 0.717) is 10.9 Å². The fourth-order valence-electron chi connectivity index (χ4n) is 5.64. The summed E-state index contributed by atoms with van der Waals surface area (Å²) >= 11 is 1.50. The van der Waals surface area contributed by atoms with Gasteiger partial charge in [0, 0.05) is 24.3 Å². The lowest BCUT2D eigenvalue weighted by Gasteiger charge is -2.41. The van der Waals surface area contributed by atoms with Crippen LogP contribution in [0.5, 0.6) is 0 Å². The Balaban J connectivity index is 1.10. The molecule has 13 nitrogen and oxygen atoms in total. The number of rotatable bonds is 11. The first-order chi connectivity index (χ1) is 23.3. The number of thioether (sulfide) groups is 1. The lowest BCUT2D eigenvalue weighted by molar-refractivity contribution is -0.268. The van der Waals surface area contributed by atoms with Crippen molar-refractivity contribution in [2.75, 3.05) is 5.75 Å². The molecule has 3 heterocycles. The molecule has 6 rings (SSSR count). The third-order valence-corrected chi connectivity index (χ3v) is 9.52. The average Bonchev–Trinajstić information content (AvgIpc) is 3.64. The molecule has 2 aliphatic rings. The van der Waals surface area contributed by atoms with Crippen LogP contribution >= 0.6 is 11.8 Å². The van der Waals surface area contributed by atoms with E-state index in [2.05, 4.69) is 27.8 Å². The Morgan fingerprint density at radius 3 is 2.38 bits per heavy atom. The molecule has 2 N–H and O–H groups in total. The standard InChI is InChI=1S/C34H36N6O7S/c1-21-28(20-48-33-36-37-38-39(33)2)46-32(47-30(21)25-12-10-23(18-41)11-13-25)26-14-8-22(9-15-26)17-40-29(42)16-27(31(40)43)35-34(44)45-19-24-6-4-3-5-7-24/h3-15,21,27-28,30,32,41H,16-20H2,1-2H3,(H,35,44)/t21-,27?,28+,30+,32+/m0/s1. The normalized spacial score (nSPS) is 22.6. The lowest BCUT2D eigenvalue weighted by Crippen LogP contribution is -2.41. The molecule has 2 fully saturated rings. The number of ether oxygens (including phenoxy) is 3. The molecule has 0 bridgehead atoms. The molecule has 250 valence electrons. The largest absolute Gasteiger partial charge is 0.445 e. The Morgan fingerprint density at radius 1 is 0.979 bits per heavy atom. The second-order valence-corrected chi connectivity index (χ2v) is 12.7. The number of aliphatic hydroxyl groups is 1. The van der Waals surface area contributed by atoms with Gasteiger partial charge in [0.1, 0.15) is 12.6 Å². The van der Waals surface area contributed by atoms with Crippen LogP contribution in [0.25, 0.3) is 0 Å². The number of aryl methyl sites for hydroxylation is 1. The molecular formula is C34H36N6O7S. The number of nitrogens with one attached hydrogen (secondary N) is 1. The van der Waals surface area contributed by atoms with E-state index in [1.165, 1.54) is 11.8 Å². The number of carbonyl (C=O) groups is 3. The number of imide groups is 1. The van der Waals surface area contributed by atoms with E-state index in [-0.39, 0.29) is 50.2 Å². The fraction of sp³-hybridized carbons (Fsp3) is 0.353. The summed E-state index contributed by atoms with van der Waals surface area (Å²) in [6, 6.07) is 23.3. The monoisotopic (exact) mass is 672 g/mol. The Hall–Kier alpha value is -4.63. The van der Waals surface area contributed by atoms with Crippen molar-refractivity contribution in [3.63, 3.8) is 0 Å². The van der Waals surface area contributed by atoms with Crippen molar-refractivity contribution in [3.05, 3.63) is 107 Å². The lowest BCUT2D eigenvalue weighted by atomic mass is 9.91. The van der Waals surface area contributed by atoms with Crippen molar-refractivity contribution in [3.8, 4) is 0 Å². The number of hydrogen-bond donors (Lipinski definition) is 2. The van der Waals surface area contributed by atoms with Crippen molar-refractivity contribution >= 4 is 29.7 Å². The van der Waals surface area contributed by atoms with Crippen LogP contribution in [0.15, 0.2) is 84.0 Å². The minimum Gasteiger partial charge on any atom is -0.445 e. The predicted octanol–water partition coefficient (Wildman–Crippen LogP) is 3.84. The van der Waals surface area contributed by atoms with Crippen LogP contribution < -0.4 is 5.32 Å². The van der Waals surface area contributed by atoms with Crippen LogP contribution in [0.1, 0.15) is 53.6 Å². The Labute approximate surface area is 281 Å². The van der Waals surface area contributed by atoms with Crippen LogP contribution in [-0.4, -0.2) is 66.0 Å². The van der Waals surface area contributed by atoms with Crippen LogP contribution in [0, 0.1) is 5.92 Å². The van der Waals surface area contributed by atoms with Gasteiger partial charge in [-0.15, -0.1) is 5.10 Å². The molecule has 3 aromatic carbocycles. The molecule has 0 radical (unpaired) electrons. The van der Waals surface area contributed by atoms with Gasteiger partial charge in [-0.25, -0.2) is 9.48 Å². The molecule has 2 saturated heterocycles. The number of carbonyl (C=O) groups excluding carboxylic acids is 3. The third kappa shape index (κ3) is 7.73. The van der Waals surface area contributed by atoms with E-state index in [4.69, 9.17) is 14.2 Å². The highest BCUT2D eigenvalue weighted by atomic mass is 32.2. The molecule has 0 aliphatic carbocycles. The smallest absolute Gasteiger partial charge is 0.408 e. The summed E-state index contributed by atoms with van der Waals surface area (Å²) in [6.45, 7) is 2.15. The summed E-state index contributed by atoms with van der Waals surface area (Å²) in [7, 11) is 1.79. The first-order valence-corrected chi connectivity index (χ1v) is 16.5. The zero-order valence-electron chi connectivity index (χ0n) is 26.5. The van der Waals surface area contributed by atoms with E-state index >= 15 is 0 Å². The Kier molecular flexibility index (Phi) is 10.4. The molecule has 4 aromatic rings. The van der Waals surface area contributed by atoms with Gasteiger partial charge in [0.05, 0.1) is 31.8 Å². The van der Waals surface area contributed by atoms with Gasteiger partial charge >= 0.3 is 6.09 Å². The predicted molar refractivity (Wildman–Crippen MR) is 173 cm³/mol. The molecule has 48 heavy (non-hydrogen) atoms. The van der Waals surface area contributed by atoms with Crippen LogP contribution in [0.4, 0.5) is 4.79 Å². The summed E-state index contributed by atoms with van der Waals surface area (Å²) in [5.41, 5.74) is 4.10. The van der Waals surface area contributed by atoms with Gasteiger partial charge in [0.15, 0.2) is 6.29 Å². The maximum Gasteiger partial charge on any atom is 0.408 e. The van der Waals surface area contributed by atoms with Gasteiger partial charge in [-0.1, -0.05) is 97.5 Å². The number of amides is 3. The van der Waals surface area contributed by atoms with Gasteiger partial charge in [-0.2, -0.15) is 0 Å². The number of benzene rings is 3. The zero-order chi connectivity index (χ0) is 33.6.